The van der Waals surface area contributed by atoms with Crippen LogP contribution in [0.25, 0.3) is 0 Å². The molecular formula is C10H8Br3NS2. The predicted octanol–water partition coefficient (Wildman–Crippen LogP) is 5.34. The van der Waals surface area contributed by atoms with Gasteiger partial charge in [-0.3, -0.25) is 0 Å². The van der Waals surface area contributed by atoms with Crippen LogP contribution in [0.5, 0.6) is 0 Å². The van der Waals surface area contributed by atoms with E-state index in [1.807, 2.05) is 0 Å². The fraction of sp³-hybridized carbons (Fsp3) is 0.200. The standard InChI is InChI=1S/C10H8Br3NS2/c11-5-1-6(15-4-5)2-8(14)7-3-9(12)16-10(7)13/h1,3-4,8H,2,14H2. The number of hydrogen-bond donors (Lipinski definition) is 1. The maximum atomic E-state index is 6.20. The first-order chi connectivity index (χ1) is 7.56. The number of nitrogens with two attached hydrogens (primary N) is 1. The van der Waals surface area contributed by atoms with Crippen molar-refractivity contribution in [3.8, 4) is 0 Å². The van der Waals surface area contributed by atoms with Crippen molar-refractivity contribution in [2.75, 3.05) is 0 Å². The Labute approximate surface area is 127 Å². The van der Waals surface area contributed by atoms with Crippen molar-refractivity contribution < 1.29 is 0 Å². The van der Waals surface area contributed by atoms with E-state index in [2.05, 4.69) is 65.3 Å². The molecule has 0 amide bonds. The first-order valence-electron chi connectivity index (χ1n) is 4.49. The van der Waals surface area contributed by atoms with E-state index in [4.69, 9.17) is 5.73 Å². The molecule has 2 rings (SSSR count). The molecule has 0 saturated heterocycles. The fourth-order valence-electron chi connectivity index (χ4n) is 1.39. The van der Waals surface area contributed by atoms with E-state index in [0.29, 0.717) is 0 Å². The minimum absolute atomic E-state index is 0.0440. The molecule has 2 aromatic heterocycles. The molecule has 0 fully saturated rings. The highest BCUT2D eigenvalue weighted by Gasteiger charge is 2.14. The van der Waals surface area contributed by atoms with Gasteiger partial charge >= 0.3 is 0 Å². The van der Waals surface area contributed by atoms with E-state index in [-0.39, 0.29) is 6.04 Å². The number of hydrogen-bond acceptors (Lipinski definition) is 3. The Hall–Kier alpha value is 0.800. The van der Waals surface area contributed by atoms with Crippen LogP contribution in [0.2, 0.25) is 0 Å². The Kier molecular flexibility index (Phi) is 4.66. The van der Waals surface area contributed by atoms with E-state index in [9.17, 15) is 0 Å². The lowest BCUT2D eigenvalue weighted by Crippen LogP contribution is -2.12. The Morgan fingerprint density at radius 1 is 1.25 bits per heavy atom. The van der Waals surface area contributed by atoms with Gasteiger partial charge in [-0.1, -0.05) is 0 Å². The second-order valence-corrected chi connectivity index (χ2v) is 8.98. The average molecular weight is 446 g/mol. The van der Waals surface area contributed by atoms with Gasteiger partial charge in [0.15, 0.2) is 0 Å². The van der Waals surface area contributed by atoms with Gasteiger partial charge in [-0.25, -0.2) is 0 Å². The molecule has 0 aliphatic rings. The minimum atomic E-state index is 0.0440. The van der Waals surface area contributed by atoms with Crippen LogP contribution in [-0.2, 0) is 6.42 Å². The van der Waals surface area contributed by atoms with Gasteiger partial charge in [0.25, 0.3) is 0 Å². The lowest BCUT2D eigenvalue weighted by molar-refractivity contribution is 0.730. The van der Waals surface area contributed by atoms with Gasteiger partial charge in [0.1, 0.15) is 0 Å². The summed E-state index contributed by atoms with van der Waals surface area (Å²) in [5.74, 6) is 0. The maximum Gasteiger partial charge on any atom is 0.0758 e. The molecule has 1 nitrogen and oxygen atoms in total. The molecule has 6 heteroatoms. The van der Waals surface area contributed by atoms with Gasteiger partial charge in [-0.2, -0.15) is 0 Å². The van der Waals surface area contributed by atoms with Gasteiger partial charge in [0.05, 0.1) is 7.57 Å². The van der Waals surface area contributed by atoms with Crippen LogP contribution >= 0.6 is 70.5 Å². The Balaban J connectivity index is 2.14. The number of halogens is 3. The molecule has 0 bridgehead atoms. The molecule has 0 aliphatic heterocycles. The molecule has 2 N–H and O–H groups in total. The fourth-order valence-corrected chi connectivity index (χ4v) is 5.91. The highest BCUT2D eigenvalue weighted by molar-refractivity contribution is 9.12. The van der Waals surface area contributed by atoms with Crippen LogP contribution in [0.4, 0.5) is 0 Å². The Bertz CT molecular complexity index is 492. The van der Waals surface area contributed by atoms with Crippen molar-refractivity contribution in [3.05, 3.63) is 40.0 Å². The van der Waals surface area contributed by atoms with Crippen LogP contribution in [0.15, 0.2) is 29.6 Å². The van der Waals surface area contributed by atoms with E-state index in [0.717, 1.165) is 18.5 Å². The van der Waals surface area contributed by atoms with Crippen LogP contribution in [-0.4, -0.2) is 0 Å². The van der Waals surface area contributed by atoms with Crippen molar-refractivity contribution in [1.29, 1.82) is 0 Å². The predicted molar refractivity (Wildman–Crippen MR) is 82.4 cm³/mol. The van der Waals surface area contributed by atoms with Crippen LogP contribution in [0, 0.1) is 0 Å². The lowest BCUT2D eigenvalue weighted by atomic mass is 10.1. The highest BCUT2D eigenvalue weighted by atomic mass is 79.9. The second-order valence-electron chi connectivity index (χ2n) is 3.32. The molecule has 16 heavy (non-hydrogen) atoms. The summed E-state index contributed by atoms with van der Waals surface area (Å²) in [6.45, 7) is 0. The van der Waals surface area contributed by atoms with Gasteiger partial charge in [-0.15, -0.1) is 22.7 Å². The first-order valence-corrected chi connectivity index (χ1v) is 8.57. The zero-order valence-corrected chi connectivity index (χ0v) is 14.4. The summed E-state index contributed by atoms with van der Waals surface area (Å²) >= 11 is 13.9. The molecule has 1 unspecified atom stereocenters. The zero-order chi connectivity index (χ0) is 11.7. The topological polar surface area (TPSA) is 26.0 Å². The summed E-state index contributed by atoms with van der Waals surface area (Å²) in [5, 5.41) is 2.08. The van der Waals surface area contributed by atoms with Crippen molar-refractivity contribution >= 4 is 70.5 Å². The first kappa shape index (κ1) is 13.2. The maximum absolute atomic E-state index is 6.20. The summed E-state index contributed by atoms with van der Waals surface area (Å²) in [4.78, 5) is 1.30. The summed E-state index contributed by atoms with van der Waals surface area (Å²) in [6.07, 6.45) is 0.873. The number of rotatable bonds is 3. The van der Waals surface area contributed by atoms with E-state index in [1.54, 1.807) is 22.7 Å². The van der Waals surface area contributed by atoms with Crippen LogP contribution in [0.1, 0.15) is 16.5 Å². The summed E-state index contributed by atoms with van der Waals surface area (Å²) in [5.41, 5.74) is 7.37. The van der Waals surface area contributed by atoms with E-state index < -0.39 is 0 Å². The molecule has 2 heterocycles. The second kappa shape index (κ2) is 5.63. The quantitative estimate of drug-likeness (QED) is 0.678. The molecule has 0 radical (unpaired) electrons. The number of thiophene rings is 2. The molecule has 2 aromatic rings. The third-order valence-electron chi connectivity index (χ3n) is 2.13. The average Bonchev–Trinajstić information content (AvgIpc) is 2.73. The molecular weight excluding hydrogens is 438 g/mol. The van der Waals surface area contributed by atoms with Crippen molar-refractivity contribution in [3.63, 3.8) is 0 Å². The molecule has 0 aromatic carbocycles. The Morgan fingerprint density at radius 2 is 2.00 bits per heavy atom. The zero-order valence-electron chi connectivity index (χ0n) is 8.04. The molecule has 0 aliphatic carbocycles. The van der Waals surface area contributed by atoms with Gasteiger partial charge in [0, 0.05) is 27.2 Å². The third kappa shape index (κ3) is 3.17. The summed E-state index contributed by atoms with van der Waals surface area (Å²) in [7, 11) is 0. The van der Waals surface area contributed by atoms with E-state index in [1.165, 1.54) is 10.4 Å². The lowest BCUT2D eigenvalue weighted by Gasteiger charge is -2.08. The van der Waals surface area contributed by atoms with Crippen molar-refractivity contribution in [2.45, 2.75) is 12.5 Å². The highest BCUT2D eigenvalue weighted by Crippen LogP contribution is 2.36. The largest absolute Gasteiger partial charge is 0.324 e. The monoisotopic (exact) mass is 443 g/mol. The normalized spacial score (nSPS) is 13.0. The molecule has 0 spiro atoms. The van der Waals surface area contributed by atoms with Gasteiger partial charge < -0.3 is 5.73 Å². The molecule has 0 saturated carbocycles. The smallest absolute Gasteiger partial charge is 0.0758 e. The van der Waals surface area contributed by atoms with Crippen molar-refractivity contribution in [1.82, 2.24) is 0 Å². The van der Waals surface area contributed by atoms with E-state index >= 15 is 0 Å². The summed E-state index contributed by atoms with van der Waals surface area (Å²) < 4.78 is 3.35. The third-order valence-corrected chi connectivity index (χ3v) is 6.23. The molecule has 1 atom stereocenters. The van der Waals surface area contributed by atoms with Gasteiger partial charge in [0.2, 0.25) is 0 Å². The van der Waals surface area contributed by atoms with Gasteiger partial charge in [-0.05, 0) is 65.5 Å². The minimum Gasteiger partial charge on any atom is -0.324 e. The summed E-state index contributed by atoms with van der Waals surface area (Å²) in [6, 6.07) is 4.25. The van der Waals surface area contributed by atoms with Crippen LogP contribution < -0.4 is 5.73 Å². The van der Waals surface area contributed by atoms with Crippen molar-refractivity contribution in [2.24, 2.45) is 5.73 Å². The van der Waals surface area contributed by atoms with Crippen LogP contribution in [0.3, 0.4) is 0 Å². The molecule has 86 valence electrons. The SMILES string of the molecule is NC(Cc1cc(Br)cs1)c1cc(Br)sc1Br. The Morgan fingerprint density at radius 3 is 2.50 bits per heavy atom.